The Morgan fingerprint density at radius 2 is 1.42 bits per heavy atom. The number of allylic oxidation sites excluding steroid dienone is 6. The fourth-order valence-electron chi connectivity index (χ4n) is 16.8. The van der Waals surface area contributed by atoms with Crippen LogP contribution in [-0.4, -0.2) is 286 Å². The standard InChI is InChI=1S/C93H132N14O22/c1-58-17-10-9-11-18-59(2)77(120-7)54-69-25-22-63(6)93(119,129-69)87(115)91(117)105-33-14-12-21-75(105)92(118)128-78(55-76(109)60(3)48-62(5)85(113)86(114)84(112)61(4)47-58)70(94)49-64-23-27-74(79(50-64)121-8)107-56-73(102-104-107)65-19-16-20-66(51-65)90(116)98-32-38-125-42-46-127-44-40-123-36-29-81(111)97-31-37-124-41-45-126-43-39-122-35-28-80(110)96-30-13-15-34-106-89-82(88(95)99-57-100-89)83(103-106)72-53-67-52-68(108)24-26-71(67)101-72/h9-11,16-20,24,26,48,51-53,56-58,60-61,63-64,69-70,74-75,77-79,85-86,101,108,113-114,119H,12-15,21-23,25,27-47,49-50,54-55,94H2,1-8H3,(H,96,110)(H,97,111)(H,98,116)(H2,95,99,100)/b11-9?,17-10+,59-18?,62-48+/t58-,60-,61-,63-,64+,69+,70-,74+,75+,77+,78+,79-,85-,86+,93-/m1/s1. The number of aromatic nitrogens is 8. The van der Waals surface area contributed by atoms with E-state index < -0.39 is 108 Å². The molecule has 36 nitrogen and oxygen atoms in total. The zero-order valence-corrected chi connectivity index (χ0v) is 75.5. The number of ether oxygens (including phenoxy) is 10. The second-order valence-corrected chi connectivity index (χ2v) is 34.1. The van der Waals surface area contributed by atoms with Gasteiger partial charge in [0.2, 0.25) is 17.6 Å². The number of rotatable bonds is 38. The molecule has 2 aromatic carbocycles. The number of aliphatic hydroxyl groups is 3. The van der Waals surface area contributed by atoms with Gasteiger partial charge in [-0.25, -0.2) is 24.1 Å². The van der Waals surface area contributed by atoms with E-state index in [1.54, 1.807) is 86.9 Å². The van der Waals surface area contributed by atoms with Crippen LogP contribution in [0.1, 0.15) is 161 Å². The highest BCUT2D eigenvalue weighted by atomic mass is 16.6. The number of benzene rings is 2. The molecular formula is C93H132N14O22. The first-order chi connectivity index (χ1) is 62.1. The van der Waals surface area contributed by atoms with E-state index in [-0.39, 0.29) is 125 Å². The molecular weight excluding hydrogens is 1670 g/mol. The maximum Gasteiger partial charge on any atom is 0.329 e. The number of phenolic OH excluding ortho intramolecular Hbond substituents is 1. The van der Waals surface area contributed by atoms with Crippen molar-refractivity contribution in [3.05, 3.63) is 114 Å². The van der Waals surface area contributed by atoms with Crippen molar-refractivity contribution in [1.29, 1.82) is 0 Å². The van der Waals surface area contributed by atoms with Crippen LogP contribution in [0.2, 0.25) is 0 Å². The highest BCUT2D eigenvalue weighted by molar-refractivity contribution is 6.39. The lowest BCUT2D eigenvalue weighted by Gasteiger charge is -2.42. The van der Waals surface area contributed by atoms with E-state index in [9.17, 15) is 58.8 Å². The van der Waals surface area contributed by atoms with Crippen molar-refractivity contribution in [1.82, 2.24) is 60.6 Å². The second kappa shape index (κ2) is 51.0. The third-order valence-corrected chi connectivity index (χ3v) is 24.3. The van der Waals surface area contributed by atoms with Gasteiger partial charge in [-0.15, -0.1) is 5.10 Å². The first-order valence-electron chi connectivity index (χ1n) is 45.1. The summed E-state index contributed by atoms with van der Waals surface area (Å²) < 4.78 is 61.6. The maximum absolute atomic E-state index is 14.8. The summed E-state index contributed by atoms with van der Waals surface area (Å²) >= 11 is 0. The van der Waals surface area contributed by atoms with Gasteiger partial charge in [0, 0.05) is 118 Å². The Hall–Kier alpha value is -9.93. The number of aromatic hydroxyl groups is 1. The van der Waals surface area contributed by atoms with Crippen LogP contribution in [0.15, 0.2) is 109 Å². The molecule has 0 radical (unpaired) electrons. The molecule has 4 amide bonds. The normalized spacial score (nSPS) is 25.5. The average Bonchev–Trinajstić information content (AvgIpc) is 1.60. The van der Waals surface area contributed by atoms with Crippen LogP contribution in [0, 0.1) is 29.6 Å². The van der Waals surface area contributed by atoms with Crippen LogP contribution in [0.25, 0.3) is 44.6 Å². The number of cyclic esters (lactones) is 1. The van der Waals surface area contributed by atoms with Gasteiger partial charge in [-0.05, 0) is 150 Å². The lowest BCUT2D eigenvalue weighted by Crippen LogP contribution is -2.61. The Morgan fingerprint density at radius 3 is 2.12 bits per heavy atom. The minimum Gasteiger partial charge on any atom is -0.508 e. The van der Waals surface area contributed by atoms with Gasteiger partial charge in [-0.2, -0.15) is 5.10 Å². The smallest absolute Gasteiger partial charge is 0.329 e. The number of fused-ring (bicyclic) bond motifs is 5. The number of aryl methyl sites for hydroxylation is 1. The van der Waals surface area contributed by atoms with E-state index in [0.717, 1.165) is 33.5 Å². The Morgan fingerprint density at radius 1 is 0.729 bits per heavy atom. The molecule has 6 aromatic rings. The summed E-state index contributed by atoms with van der Waals surface area (Å²) in [6.07, 6.45) is 13.7. The topological polar surface area (TPSA) is 491 Å². The van der Waals surface area contributed by atoms with Crippen molar-refractivity contribution in [3.63, 3.8) is 0 Å². The molecule has 12 N–H and O–H groups in total. The van der Waals surface area contributed by atoms with Crippen molar-refractivity contribution >= 4 is 74.7 Å². The number of hydrogen-bond donors (Lipinski definition) is 10. The lowest BCUT2D eigenvalue weighted by atomic mass is 9.79. The van der Waals surface area contributed by atoms with Crippen LogP contribution >= 0.6 is 0 Å². The molecule has 129 heavy (non-hydrogen) atoms. The van der Waals surface area contributed by atoms with Gasteiger partial charge < -0.3 is 105 Å². The number of carbonyl (C=O) groups is 8. The molecule has 10 rings (SSSR count). The highest BCUT2D eigenvalue weighted by Gasteiger charge is 2.53. The van der Waals surface area contributed by atoms with Crippen LogP contribution < -0.4 is 27.4 Å². The minimum absolute atomic E-state index is 0.000164. The quantitative estimate of drug-likeness (QED) is 0.00789. The van der Waals surface area contributed by atoms with Gasteiger partial charge in [0.15, 0.2) is 11.4 Å². The van der Waals surface area contributed by atoms with Gasteiger partial charge in [0.1, 0.15) is 59.4 Å². The van der Waals surface area contributed by atoms with E-state index in [1.807, 2.05) is 56.4 Å². The zero-order chi connectivity index (χ0) is 92.5. The highest BCUT2D eigenvalue weighted by Crippen LogP contribution is 2.40. The van der Waals surface area contributed by atoms with Crippen LogP contribution in [0.4, 0.5) is 5.82 Å². The van der Waals surface area contributed by atoms with Gasteiger partial charge in [-0.1, -0.05) is 81.5 Å². The number of hydrogen-bond acceptors (Lipinski definition) is 29. The number of nitrogen functional groups attached to an aromatic ring is 1. The zero-order valence-electron chi connectivity index (χ0n) is 75.5. The second-order valence-electron chi connectivity index (χ2n) is 34.1. The van der Waals surface area contributed by atoms with Gasteiger partial charge in [0.25, 0.3) is 17.6 Å². The molecule has 1 saturated carbocycles. The Bertz CT molecular complexity index is 4800. The molecule has 3 aliphatic heterocycles. The first-order valence-corrected chi connectivity index (χ1v) is 45.1. The number of phenols is 1. The number of H-pyrrole nitrogens is 1. The molecule has 7 heterocycles. The maximum atomic E-state index is 14.8. The van der Waals surface area contributed by atoms with Crippen LogP contribution in [0.5, 0.6) is 5.75 Å². The minimum atomic E-state index is -2.51. The fraction of sp³-hybridized carbons (Fsp3) is 0.602. The first kappa shape index (κ1) is 101. The van der Waals surface area contributed by atoms with E-state index in [4.69, 9.17) is 63.9 Å². The summed E-state index contributed by atoms with van der Waals surface area (Å²) in [7, 11) is 3.15. The fourth-order valence-corrected chi connectivity index (χ4v) is 16.8. The number of Topliss-reactive ketones (excluding diaryl/α,β-unsaturated/α-hetero) is 3. The van der Waals surface area contributed by atoms with E-state index in [2.05, 4.69) is 41.2 Å². The van der Waals surface area contributed by atoms with Crippen LogP contribution in [-0.2, 0) is 87.5 Å². The van der Waals surface area contributed by atoms with E-state index >= 15 is 0 Å². The Kier molecular flexibility index (Phi) is 40.0. The molecule has 0 spiro atoms. The molecule has 1 aliphatic carbocycles. The number of aromatic amines is 1. The summed E-state index contributed by atoms with van der Waals surface area (Å²) in [5.74, 6) is -9.35. The lowest BCUT2D eigenvalue weighted by molar-refractivity contribution is -0.265. The Labute approximate surface area is 752 Å². The number of methoxy groups -OCH3 is 2. The summed E-state index contributed by atoms with van der Waals surface area (Å²) in [5.41, 5.74) is 18.8. The molecule has 3 fully saturated rings. The molecule has 2 bridgehead atoms. The number of nitrogens with zero attached hydrogens (tertiary/aromatic N) is 8. The molecule has 15 atom stereocenters. The van der Waals surface area contributed by atoms with Crippen molar-refractivity contribution in [2.75, 3.05) is 125 Å². The predicted molar refractivity (Wildman–Crippen MR) is 478 cm³/mol. The summed E-state index contributed by atoms with van der Waals surface area (Å²) in [6, 6.07) is 11.5. The number of nitrogens with two attached hydrogens (primary N) is 2. The largest absolute Gasteiger partial charge is 0.508 e. The van der Waals surface area contributed by atoms with Crippen LogP contribution in [0.3, 0.4) is 0 Å². The predicted octanol–water partition coefficient (Wildman–Crippen LogP) is 7.25. The summed E-state index contributed by atoms with van der Waals surface area (Å²) in [6.45, 7) is 15.4. The van der Waals surface area contributed by atoms with Gasteiger partial charge in [0.05, 0.1) is 121 Å². The molecule has 4 aromatic heterocycles. The Balaban J connectivity index is 0.586. The number of amides is 4. The number of aliphatic hydroxyl groups excluding tert-OH is 2. The number of anilines is 1. The number of esters is 1. The number of piperidine rings is 1. The summed E-state index contributed by atoms with van der Waals surface area (Å²) in [5, 5.41) is 68.6. The number of ketones is 3. The molecule has 0 unspecified atom stereocenters. The van der Waals surface area contributed by atoms with Crippen molar-refractivity contribution in [2.45, 2.75) is 211 Å². The molecule has 36 heteroatoms. The average molecular weight is 1800 g/mol. The number of unbranched alkanes of at least 4 members (excludes halogenated alkanes) is 1. The number of carbonyl (C=O) groups excluding carboxylic acids is 8. The third-order valence-electron chi connectivity index (χ3n) is 24.3. The van der Waals surface area contributed by atoms with E-state index in [0.29, 0.717) is 163 Å². The molecule has 4 aliphatic rings. The van der Waals surface area contributed by atoms with E-state index in [1.165, 1.54) is 19.3 Å². The van der Waals surface area contributed by atoms with Gasteiger partial charge in [-0.3, -0.25) is 33.6 Å². The SMILES string of the molecule is CO[C@H]1C[C@@H]2CC[C@@H](C)[C@@](O)(O2)C(=O)C(=O)N2CCCC[C@H]2C(=O)O[C@H]([C@H](N)C[C@@H]2CC[C@H](n3cc(-c4cccc(C(=O)NCCOCCOCCOCCC(=O)NCCOCCOCCOCCC(=O)NCCCCn5nc(-c6cc7cc(O)ccc7[nH]6)c6c(N)ncnc65)c4)nn3)[C@H](OC)C2)CC(=O)[C@H](C)/C=C(\C)[C@@H](O)[C@@H](O)C(=O)[C@H](C)C[C@H](C)/C=C/C=CC=C1C. The van der Waals surface area contributed by atoms with Gasteiger partial charge >= 0.3 is 5.97 Å². The van der Waals surface area contributed by atoms with Crippen molar-refractivity contribution < 1.29 is 106 Å². The summed E-state index contributed by atoms with van der Waals surface area (Å²) in [4.78, 5) is 123. The monoisotopic (exact) mass is 1800 g/mol. The number of nitrogens with one attached hydrogen (secondary N) is 4. The molecule has 2 saturated heterocycles. The third kappa shape index (κ3) is 29.5. The van der Waals surface area contributed by atoms with Crippen molar-refractivity contribution in [3.8, 4) is 28.4 Å². The van der Waals surface area contributed by atoms with Crippen molar-refractivity contribution in [2.24, 2.45) is 35.3 Å². The molecule has 706 valence electrons.